The van der Waals surface area contributed by atoms with E-state index < -0.39 is 17.2 Å². The lowest BCUT2D eigenvalue weighted by atomic mass is 10.1. The molecule has 0 spiro atoms. The zero-order valence-electron chi connectivity index (χ0n) is 20.3. The normalized spacial score (nSPS) is 18.8. The van der Waals surface area contributed by atoms with Gasteiger partial charge in [-0.2, -0.15) is 5.10 Å². The molecule has 3 heterocycles. The van der Waals surface area contributed by atoms with Crippen molar-refractivity contribution in [1.82, 2.24) is 23.8 Å². The number of nitrogens with two attached hydrogens (primary N) is 2. The lowest BCUT2D eigenvalue weighted by molar-refractivity contribution is -0.111. The summed E-state index contributed by atoms with van der Waals surface area (Å²) in [6, 6.07) is 18.9. The number of nitrogens with zero attached hydrogens (tertiary/aromatic N) is 5. The van der Waals surface area contributed by atoms with Crippen molar-refractivity contribution in [1.29, 1.82) is 0 Å². The molecule has 192 valence electrons. The number of benzene rings is 2. The van der Waals surface area contributed by atoms with Crippen LogP contribution in [0.25, 0.3) is 5.52 Å². The highest BCUT2D eigenvalue weighted by Crippen LogP contribution is 2.25. The van der Waals surface area contributed by atoms with E-state index in [-0.39, 0.29) is 5.92 Å². The summed E-state index contributed by atoms with van der Waals surface area (Å²) >= 11 is 0. The summed E-state index contributed by atoms with van der Waals surface area (Å²) in [5, 5.41) is 7.67. The van der Waals surface area contributed by atoms with E-state index in [2.05, 4.69) is 20.3 Å². The van der Waals surface area contributed by atoms with Gasteiger partial charge in [0.05, 0.1) is 4.90 Å². The predicted molar refractivity (Wildman–Crippen MR) is 144 cm³/mol. The van der Waals surface area contributed by atoms with Gasteiger partial charge in [0, 0.05) is 50.5 Å². The molecule has 5 N–H and O–H groups in total. The molecule has 0 radical (unpaired) electrons. The molecule has 37 heavy (non-hydrogen) atoms. The summed E-state index contributed by atoms with van der Waals surface area (Å²) in [6.45, 7) is 2.72. The second-order valence-electron chi connectivity index (χ2n) is 9.08. The molecule has 1 aliphatic rings. The van der Waals surface area contributed by atoms with E-state index in [1.807, 2.05) is 59.0 Å². The number of nitrogen functional groups attached to an aromatic ring is 1. The third kappa shape index (κ3) is 5.54. The summed E-state index contributed by atoms with van der Waals surface area (Å²) < 4.78 is 16.9. The number of hydrogen-bond acceptors (Lipinski definition) is 8. The van der Waals surface area contributed by atoms with Gasteiger partial charge in [-0.25, -0.2) is 18.0 Å². The number of hydrogen-bond donors (Lipinski definition) is 3. The highest BCUT2D eigenvalue weighted by atomic mass is 32.2. The van der Waals surface area contributed by atoms with Gasteiger partial charge >= 0.3 is 0 Å². The highest BCUT2D eigenvalue weighted by Gasteiger charge is 2.28. The summed E-state index contributed by atoms with van der Waals surface area (Å²) in [7, 11) is -1.44. The van der Waals surface area contributed by atoms with Crippen LogP contribution in [0.4, 0.5) is 11.5 Å². The Morgan fingerprint density at radius 2 is 1.86 bits per heavy atom. The molecule has 1 aliphatic heterocycles. The van der Waals surface area contributed by atoms with Gasteiger partial charge in [0.25, 0.3) is 0 Å². The van der Waals surface area contributed by atoms with E-state index in [1.165, 1.54) is 6.33 Å². The van der Waals surface area contributed by atoms with Crippen molar-refractivity contribution in [2.45, 2.75) is 17.6 Å². The Kier molecular flexibility index (Phi) is 7.56. The number of para-hydroxylation sites is 1. The first-order chi connectivity index (χ1) is 18.0. The topological polar surface area (TPSA) is 135 Å². The van der Waals surface area contributed by atoms with Gasteiger partial charge in [0.2, 0.25) is 0 Å². The minimum atomic E-state index is -1.44. The van der Waals surface area contributed by atoms with Crippen molar-refractivity contribution >= 4 is 34.3 Å². The molecular weight excluding hydrogens is 488 g/mol. The van der Waals surface area contributed by atoms with Crippen molar-refractivity contribution < 1.29 is 9.00 Å². The van der Waals surface area contributed by atoms with Crippen molar-refractivity contribution in [2.24, 2.45) is 11.7 Å². The third-order valence-electron chi connectivity index (χ3n) is 6.51. The van der Waals surface area contributed by atoms with Crippen molar-refractivity contribution in [3.63, 3.8) is 0 Å². The Morgan fingerprint density at radius 3 is 2.65 bits per heavy atom. The Hall–Kier alpha value is -3.64. The van der Waals surface area contributed by atoms with Crippen LogP contribution in [0.3, 0.4) is 0 Å². The number of carbonyl (C=O) groups is 1. The summed E-state index contributed by atoms with van der Waals surface area (Å²) in [5.41, 5.74) is 15.7. The molecule has 1 fully saturated rings. The standard InChI is InChI=1S/C26H30N8O2S/c27-22-8-4-5-9-23(22)37(36)33-13-12-32(14-19(15-33)17-35)16-21-10-11-34-24(21)26(29-18-30-34)31-25(28)20-6-2-1-3-7-20/h1-11,17-19,25H,12-16,27-28H2,(H,29,30,31)/t19?,25-,37?/m1/s1. The molecule has 0 bridgehead atoms. The van der Waals surface area contributed by atoms with Crippen LogP contribution in [0.1, 0.15) is 17.3 Å². The van der Waals surface area contributed by atoms with Gasteiger partial charge in [-0.3, -0.25) is 4.90 Å². The maximum atomic E-state index is 13.3. The van der Waals surface area contributed by atoms with Crippen LogP contribution in [0.2, 0.25) is 0 Å². The number of aromatic nitrogens is 3. The van der Waals surface area contributed by atoms with Crippen LogP contribution in [-0.4, -0.2) is 60.5 Å². The summed E-state index contributed by atoms with van der Waals surface area (Å²) in [6.07, 6.45) is 3.89. The average Bonchev–Trinajstić information content (AvgIpc) is 3.22. The zero-order valence-corrected chi connectivity index (χ0v) is 21.1. The van der Waals surface area contributed by atoms with Crippen LogP contribution in [-0.2, 0) is 22.3 Å². The maximum Gasteiger partial charge on any atom is 0.155 e. The largest absolute Gasteiger partial charge is 0.398 e. The molecule has 2 unspecified atom stereocenters. The van der Waals surface area contributed by atoms with E-state index >= 15 is 0 Å². The minimum Gasteiger partial charge on any atom is -0.398 e. The van der Waals surface area contributed by atoms with Crippen molar-refractivity contribution in [3.05, 3.63) is 84.3 Å². The number of aldehydes is 1. The molecule has 10 nitrogen and oxygen atoms in total. The molecule has 1 saturated heterocycles. The first kappa shape index (κ1) is 25.0. The first-order valence-corrected chi connectivity index (χ1v) is 13.2. The minimum absolute atomic E-state index is 0.286. The van der Waals surface area contributed by atoms with Gasteiger partial charge < -0.3 is 21.6 Å². The highest BCUT2D eigenvalue weighted by molar-refractivity contribution is 7.82. The summed E-state index contributed by atoms with van der Waals surface area (Å²) in [4.78, 5) is 19.2. The Labute approximate surface area is 217 Å². The van der Waals surface area contributed by atoms with Gasteiger partial charge in [0.15, 0.2) is 5.82 Å². The molecular formula is C26H30N8O2S. The van der Waals surface area contributed by atoms with Gasteiger partial charge in [-0.05, 0) is 29.3 Å². The fraction of sp³-hybridized carbons (Fsp3) is 0.269. The Bertz CT molecular complexity index is 1400. The second-order valence-corrected chi connectivity index (χ2v) is 10.5. The van der Waals surface area contributed by atoms with Crippen LogP contribution in [0.15, 0.2) is 78.1 Å². The number of fused-ring (bicyclic) bond motifs is 1. The van der Waals surface area contributed by atoms with Gasteiger partial charge in [0.1, 0.15) is 35.3 Å². The third-order valence-corrected chi connectivity index (χ3v) is 8.06. The smallest absolute Gasteiger partial charge is 0.155 e. The molecule has 0 saturated carbocycles. The number of rotatable bonds is 8. The average molecular weight is 519 g/mol. The van der Waals surface area contributed by atoms with Crippen LogP contribution >= 0.6 is 0 Å². The molecule has 0 aliphatic carbocycles. The summed E-state index contributed by atoms with van der Waals surface area (Å²) in [5.74, 6) is 0.348. The Morgan fingerprint density at radius 1 is 1.08 bits per heavy atom. The molecule has 4 aromatic rings. The van der Waals surface area contributed by atoms with Crippen molar-refractivity contribution in [3.8, 4) is 0 Å². The van der Waals surface area contributed by atoms with E-state index in [4.69, 9.17) is 11.5 Å². The van der Waals surface area contributed by atoms with Crippen LogP contribution in [0, 0.1) is 5.92 Å². The molecule has 2 aromatic carbocycles. The van der Waals surface area contributed by atoms with Crippen molar-refractivity contribution in [2.75, 3.05) is 37.2 Å². The van der Waals surface area contributed by atoms with E-state index in [0.717, 1.165) is 22.9 Å². The fourth-order valence-corrected chi connectivity index (χ4v) is 5.95. The molecule has 2 aromatic heterocycles. The van der Waals surface area contributed by atoms with E-state index in [9.17, 15) is 9.00 Å². The quantitative estimate of drug-likeness (QED) is 0.183. The van der Waals surface area contributed by atoms with Gasteiger partial charge in [-0.15, -0.1) is 0 Å². The van der Waals surface area contributed by atoms with E-state index in [0.29, 0.717) is 49.1 Å². The molecule has 5 rings (SSSR count). The first-order valence-electron chi connectivity index (χ1n) is 12.1. The van der Waals surface area contributed by atoms with E-state index in [1.54, 1.807) is 16.6 Å². The lowest BCUT2D eigenvalue weighted by Crippen LogP contribution is -2.32. The maximum absolute atomic E-state index is 13.3. The zero-order chi connectivity index (χ0) is 25.8. The monoisotopic (exact) mass is 518 g/mol. The number of carbonyl (C=O) groups excluding carboxylic acids is 1. The number of anilines is 2. The SMILES string of the molecule is Nc1ccccc1S(=O)N1CCN(Cc2ccn3ncnc(N[C@@H](N)c4ccccc4)c23)CC(C=O)C1. The molecule has 11 heteroatoms. The molecule has 3 atom stereocenters. The van der Waals surface area contributed by atoms with Gasteiger partial charge in [-0.1, -0.05) is 42.5 Å². The molecule has 0 amide bonds. The Balaban J connectivity index is 1.35. The fourth-order valence-electron chi connectivity index (χ4n) is 4.63. The lowest BCUT2D eigenvalue weighted by Gasteiger charge is -2.22. The predicted octanol–water partition coefficient (Wildman–Crippen LogP) is 2.04. The van der Waals surface area contributed by atoms with Crippen LogP contribution in [0.5, 0.6) is 0 Å². The number of nitrogens with one attached hydrogen (secondary N) is 1. The second kappa shape index (κ2) is 11.2. The van der Waals surface area contributed by atoms with Crippen LogP contribution < -0.4 is 16.8 Å².